The molecule has 0 bridgehead atoms. The molecular weight excluding hydrogens is 316 g/mol. The van der Waals surface area contributed by atoms with Crippen LogP contribution in [-0.2, 0) is 9.53 Å². The van der Waals surface area contributed by atoms with Crippen LogP contribution in [0.3, 0.4) is 0 Å². The van der Waals surface area contributed by atoms with E-state index in [1.165, 1.54) is 5.69 Å². The lowest BCUT2D eigenvalue weighted by atomic mass is 10.2. The zero-order valence-electron chi connectivity index (χ0n) is 14.0. The van der Waals surface area contributed by atoms with Crippen molar-refractivity contribution >= 4 is 23.5 Å². The number of hydrogen-bond donors (Lipinski definition) is 2. The highest BCUT2D eigenvalue weighted by atomic mass is 16.5. The third-order valence-electron chi connectivity index (χ3n) is 3.90. The molecular formula is C19H22N4O2. The number of anilines is 2. The first kappa shape index (κ1) is 17.0. The molecule has 1 amide bonds. The zero-order valence-corrected chi connectivity index (χ0v) is 14.0. The van der Waals surface area contributed by atoms with Gasteiger partial charge in [0.1, 0.15) is 0 Å². The van der Waals surface area contributed by atoms with E-state index in [2.05, 4.69) is 32.9 Å². The van der Waals surface area contributed by atoms with Gasteiger partial charge in [0.15, 0.2) is 0 Å². The minimum absolute atomic E-state index is 0.178. The lowest BCUT2D eigenvalue weighted by Gasteiger charge is -2.28. The molecule has 0 spiro atoms. The predicted molar refractivity (Wildman–Crippen MR) is 100 cm³/mol. The molecule has 6 heteroatoms. The summed E-state index contributed by atoms with van der Waals surface area (Å²) in [5, 5.41) is 7.03. The Hall–Kier alpha value is -2.86. The van der Waals surface area contributed by atoms with Crippen molar-refractivity contribution in [1.29, 1.82) is 0 Å². The fraction of sp³-hybridized carbons (Fsp3) is 0.263. The average Bonchev–Trinajstić information content (AvgIpc) is 2.68. The quantitative estimate of drug-likeness (QED) is 0.625. The molecule has 1 heterocycles. The summed E-state index contributed by atoms with van der Waals surface area (Å²) in [4.78, 5) is 14.1. The Kier molecular flexibility index (Phi) is 6.01. The summed E-state index contributed by atoms with van der Waals surface area (Å²) >= 11 is 0. The lowest BCUT2D eigenvalue weighted by Crippen LogP contribution is -2.36. The van der Waals surface area contributed by atoms with Gasteiger partial charge in [-0.25, -0.2) is 5.43 Å². The van der Waals surface area contributed by atoms with Crippen LogP contribution in [-0.4, -0.2) is 45.0 Å². The number of nitrogens with zero attached hydrogens (tertiary/aromatic N) is 2. The molecule has 0 atom stereocenters. The van der Waals surface area contributed by atoms with Gasteiger partial charge in [0.2, 0.25) is 0 Å². The van der Waals surface area contributed by atoms with Crippen molar-refractivity contribution in [2.45, 2.75) is 0 Å². The van der Waals surface area contributed by atoms with Crippen LogP contribution in [0, 0.1) is 0 Å². The van der Waals surface area contributed by atoms with Gasteiger partial charge in [-0.2, -0.15) is 5.10 Å². The van der Waals surface area contributed by atoms with E-state index < -0.39 is 0 Å². The van der Waals surface area contributed by atoms with Crippen LogP contribution in [0.15, 0.2) is 59.7 Å². The highest BCUT2D eigenvalue weighted by Crippen LogP contribution is 2.15. The molecule has 130 valence electrons. The molecule has 2 aromatic rings. The maximum atomic E-state index is 11.8. The second-order valence-corrected chi connectivity index (χ2v) is 5.70. The molecule has 2 N–H and O–H groups in total. The predicted octanol–water partition coefficient (Wildman–Crippen LogP) is 2.09. The minimum atomic E-state index is -0.190. The second-order valence-electron chi connectivity index (χ2n) is 5.70. The summed E-state index contributed by atoms with van der Waals surface area (Å²) in [6, 6.07) is 17.7. The van der Waals surface area contributed by atoms with Gasteiger partial charge in [-0.15, -0.1) is 0 Å². The van der Waals surface area contributed by atoms with Crippen molar-refractivity contribution < 1.29 is 9.53 Å². The summed E-state index contributed by atoms with van der Waals surface area (Å²) in [6.45, 7) is 3.55. The van der Waals surface area contributed by atoms with Crippen molar-refractivity contribution in [3.8, 4) is 0 Å². The molecule has 0 saturated carbocycles. The molecule has 1 aliphatic heterocycles. The zero-order chi connectivity index (χ0) is 17.3. The largest absolute Gasteiger partial charge is 0.378 e. The topological polar surface area (TPSA) is 66.0 Å². The van der Waals surface area contributed by atoms with Crippen molar-refractivity contribution in [2.24, 2.45) is 5.10 Å². The fourth-order valence-electron chi connectivity index (χ4n) is 2.55. The first-order valence-corrected chi connectivity index (χ1v) is 8.35. The normalized spacial score (nSPS) is 14.5. The van der Waals surface area contributed by atoms with Gasteiger partial charge in [-0.1, -0.05) is 30.3 Å². The molecule has 1 saturated heterocycles. The number of amides is 1. The maximum Gasteiger partial charge on any atom is 0.259 e. The summed E-state index contributed by atoms with van der Waals surface area (Å²) < 4.78 is 5.36. The number of morpholine rings is 1. The Labute approximate surface area is 147 Å². The van der Waals surface area contributed by atoms with Crippen LogP contribution in [0.4, 0.5) is 11.4 Å². The van der Waals surface area contributed by atoms with Crippen molar-refractivity contribution in [1.82, 2.24) is 5.43 Å². The number of ether oxygens (including phenoxy) is 1. The molecule has 0 unspecified atom stereocenters. The van der Waals surface area contributed by atoms with Gasteiger partial charge in [-0.3, -0.25) is 4.79 Å². The van der Waals surface area contributed by atoms with E-state index >= 15 is 0 Å². The van der Waals surface area contributed by atoms with E-state index in [1.807, 2.05) is 42.5 Å². The van der Waals surface area contributed by atoms with Gasteiger partial charge in [0.25, 0.3) is 5.91 Å². The van der Waals surface area contributed by atoms with E-state index in [0.717, 1.165) is 37.6 Å². The Morgan fingerprint density at radius 1 is 1.08 bits per heavy atom. The highest BCUT2D eigenvalue weighted by molar-refractivity contribution is 5.84. The maximum absolute atomic E-state index is 11.8. The summed E-state index contributed by atoms with van der Waals surface area (Å²) in [6.07, 6.45) is 1.64. The Bertz CT molecular complexity index is 695. The van der Waals surface area contributed by atoms with Crippen LogP contribution in [0.2, 0.25) is 0 Å². The van der Waals surface area contributed by atoms with E-state index in [-0.39, 0.29) is 12.5 Å². The molecule has 0 aromatic heterocycles. The van der Waals surface area contributed by atoms with Crippen molar-refractivity contribution in [3.63, 3.8) is 0 Å². The van der Waals surface area contributed by atoms with Crippen LogP contribution >= 0.6 is 0 Å². The molecule has 1 aliphatic rings. The first-order valence-electron chi connectivity index (χ1n) is 8.35. The third-order valence-corrected chi connectivity index (χ3v) is 3.90. The van der Waals surface area contributed by atoms with Crippen molar-refractivity contribution in [2.75, 3.05) is 43.1 Å². The minimum Gasteiger partial charge on any atom is -0.378 e. The number of hydrogen-bond acceptors (Lipinski definition) is 5. The molecule has 0 radical (unpaired) electrons. The van der Waals surface area contributed by atoms with Gasteiger partial charge in [0.05, 0.1) is 26.0 Å². The standard InChI is InChI=1S/C19H22N4O2/c24-19(15-20-17-4-2-1-3-5-17)22-21-14-16-6-8-18(9-7-16)23-10-12-25-13-11-23/h1-9,14,20H,10-13,15H2,(H,22,24)/b21-14+. The van der Waals surface area contributed by atoms with E-state index in [1.54, 1.807) is 6.21 Å². The van der Waals surface area contributed by atoms with Crippen LogP contribution in [0.25, 0.3) is 0 Å². The number of benzene rings is 2. The van der Waals surface area contributed by atoms with E-state index in [9.17, 15) is 4.79 Å². The van der Waals surface area contributed by atoms with Crippen LogP contribution in [0.5, 0.6) is 0 Å². The average molecular weight is 338 g/mol. The number of rotatable bonds is 6. The van der Waals surface area contributed by atoms with Crippen LogP contribution < -0.4 is 15.6 Å². The number of nitrogens with one attached hydrogen (secondary N) is 2. The van der Waals surface area contributed by atoms with Crippen molar-refractivity contribution in [3.05, 3.63) is 60.2 Å². The first-order chi connectivity index (χ1) is 12.3. The second kappa shape index (κ2) is 8.84. The van der Waals surface area contributed by atoms with Gasteiger partial charge in [-0.05, 0) is 29.8 Å². The number of carbonyl (C=O) groups is 1. The lowest BCUT2D eigenvalue weighted by molar-refractivity contribution is -0.119. The summed E-state index contributed by atoms with van der Waals surface area (Å²) in [5.41, 5.74) is 5.54. The Morgan fingerprint density at radius 3 is 2.52 bits per heavy atom. The third kappa shape index (κ3) is 5.32. The molecule has 25 heavy (non-hydrogen) atoms. The fourth-order valence-corrected chi connectivity index (χ4v) is 2.55. The summed E-state index contributed by atoms with van der Waals surface area (Å²) in [5.74, 6) is -0.190. The van der Waals surface area contributed by atoms with Crippen LogP contribution in [0.1, 0.15) is 5.56 Å². The monoisotopic (exact) mass is 338 g/mol. The number of hydrazone groups is 1. The Balaban J connectivity index is 1.44. The Morgan fingerprint density at radius 2 is 1.80 bits per heavy atom. The number of para-hydroxylation sites is 1. The summed E-state index contributed by atoms with van der Waals surface area (Å²) in [7, 11) is 0. The molecule has 0 aliphatic carbocycles. The van der Waals surface area contributed by atoms with E-state index in [0.29, 0.717) is 0 Å². The van der Waals surface area contributed by atoms with Gasteiger partial charge >= 0.3 is 0 Å². The smallest absolute Gasteiger partial charge is 0.259 e. The molecule has 3 rings (SSSR count). The highest BCUT2D eigenvalue weighted by Gasteiger charge is 2.10. The molecule has 1 fully saturated rings. The number of carbonyl (C=O) groups excluding carboxylic acids is 1. The SMILES string of the molecule is O=C(CNc1ccccc1)N/N=C/c1ccc(N2CCOCC2)cc1. The van der Waals surface area contributed by atoms with Gasteiger partial charge in [0, 0.05) is 24.5 Å². The molecule has 6 nitrogen and oxygen atoms in total. The van der Waals surface area contributed by atoms with Gasteiger partial charge < -0.3 is 15.0 Å². The van der Waals surface area contributed by atoms with E-state index in [4.69, 9.17) is 4.74 Å². The molecule has 2 aromatic carbocycles.